The topological polar surface area (TPSA) is 69.6 Å². The Labute approximate surface area is 168 Å². The lowest BCUT2D eigenvalue weighted by Crippen LogP contribution is -2.42. The number of hydrogen-bond acceptors (Lipinski definition) is 3. The minimum atomic E-state index is -1.25. The number of aryl methyl sites for hydroxylation is 2. The summed E-state index contributed by atoms with van der Waals surface area (Å²) in [4.78, 5) is 26.7. The molecule has 0 bridgehead atoms. The van der Waals surface area contributed by atoms with Crippen molar-refractivity contribution < 1.29 is 14.7 Å². The summed E-state index contributed by atoms with van der Waals surface area (Å²) in [6.07, 6.45) is -1.25. The Morgan fingerprint density at radius 2 is 1.70 bits per heavy atom. The summed E-state index contributed by atoms with van der Waals surface area (Å²) in [5, 5.41) is 13.2. The molecule has 7 heteroatoms. The van der Waals surface area contributed by atoms with Gasteiger partial charge in [0.1, 0.15) is 12.1 Å². The molecular weight excluding hydrogens is 387 g/mol. The van der Waals surface area contributed by atoms with E-state index in [0.717, 1.165) is 11.1 Å². The first-order valence-corrected chi connectivity index (χ1v) is 9.15. The minimum absolute atomic E-state index is 0.259. The van der Waals surface area contributed by atoms with Crippen molar-refractivity contribution in [2.24, 2.45) is 0 Å². The lowest BCUT2D eigenvalue weighted by molar-refractivity contribution is -0.143. The molecule has 0 saturated carbocycles. The van der Waals surface area contributed by atoms with Crippen molar-refractivity contribution in [2.75, 3.05) is 12.4 Å². The zero-order valence-corrected chi connectivity index (χ0v) is 17.1. The summed E-state index contributed by atoms with van der Waals surface area (Å²) in [6.45, 7) is 5.12. The fourth-order valence-corrected chi connectivity index (χ4v) is 3.39. The van der Waals surface area contributed by atoms with Gasteiger partial charge in [0.05, 0.1) is 0 Å². The van der Waals surface area contributed by atoms with Crippen molar-refractivity contribution in [2.45, 2.75) is 32.9 Å². The molecule has 0 fully saturated rings. The monoisotopic (exact) mass is 408 g/mol. The van der Waals surface area contributed by atoms with Crippen LogP contribution in [0.4, 0.5) is 5.69 Å². The largest absolute Gasteiger partial charge is 0.384 e. The number of rotatable bonds is 5. The quantitative estimate of drug-likeness (QED) is 0.780. The molecule has 2 aromatic carbocycles. The Morgan fingerprint density at radius 1 is 1.11 bits per heavy atom. The van der Waals surface area contributed by atoms with Crippen LogP contribution in [0.2, 0.25) is 10.0 Å². The molecule has 0 heterocycles. The van der Waals surface area contributed by atoms with Gasteiger partial charge < -0.3 is 15.3 Å². The van der Waals surface area contributed by atoms with Gasteiger partial charge in [-0.15, -0.1) is 0 Å². The van der Waals surface area contributed by atoms with Crippen LogP contribution in [0.15, 0.2) is 36.4 Å². The Balaban J connectivity index is 2.48. The maximum atomic E-state index is 13.1. The van der Waals surface area contributed by atoms with Gasteiger partial charge in [-0.05, 0) is 44.0 Å². The molecule has 0 aliphatic carbocycles. The van der Waals surface area contributed by atoms with Gasteiger partial charge in [0.15, 0.2) is 0 Å². The highest BCUT2D eigenvalue weighted by Crippen LogP contribution is 2.31. The number of hydrogen-bond donors (Lipinski definition) is 2. The highest BCUT2D eigenvalue weighted by molar-refractivity contribution is 6.35. The molecule has 0 unspecified atom stereocenters. The van der Waals surface area contributed by atoms with E-state index in [0.29, 0.717) is 16.3 Å². The molecule has 2 rings (SSSR count). The van der Waals surface area contributed by atoms with Gasteiger partial charge >= 0.3 is 0 Å². The van der Waals surface area contributed by atoms with Crippen molar-refractivity contribution in [3.05, 3.63) is 63.1 Å². The van der Waals surface area contributed by atoms with Crippen LogP contribution in [0, 0.1) is 13.8 Å². The maximum absolute atomic E-state index is 13.1. The van der Waals surface area contributed by atoms with Crippen LogP contribution in [-0.4, -0.2) is 35.0 Å². The Hall–Kier alpha value is -2.08. The highest BCUT2D eigenvalue weighted by Gasteiger charge is 2.32. The van der Waals surface area contributed by atoms with Crippen molar-refractivity contribution >= 4 is 40.7 Å². The van der Waals surface area contributed by atoms with Crippen LogP contribution >= 0.6 is 23.2 Å². The zero-order valence-electron chi connectivity index (χ0n) is 15.6. The highest BCUT2D eigenvalue weighted by atomic mass is 35.5. The number of benzene rings is 2. The molecule has 2 amide bonds. The molecule has 0 aromatic heterocycles. The normalized spacial score (nSPS) is 13.0. The number of aliphatic hydroxyl groups excluding tert-OH is 1. The number of para-hydroxylation sites is 1. The molecule has 0 spiro atoms. The Kier molecular flexibility index (Phi) is 6.87. The number of nitrogens with one attached hydrogen (secondary N) is 1. The fourth-order valence-electron chi connectivity index (χ4n) is 2.87. The van der Waals surface area contributed by atoms with Gasteiger partial charge in [0.25, 0.3) is 11.8 Å². The first kappa shape index (κ1) is 21.2. The Bertz CT molecular complexity index is 848. The lowest BCUT2D eigenvalue weighted by Gasteiger charge is -2.29. The van der Waals surface area contributed by atoms with Gasteiger partial charge in [0, 0.05) is 28.3 Å². The van der Waals surface area contributed by atoms with E-state index in [2.05, 4.69) is 5.32 Å². The number of amides is 2. The average Bonchev–Trinajstić information content (AvgIpc) is 2.59. The molecule has 0 saturated heterocycles. The maximum Gasteiger partial charge on any atom is 0.251 e. The number of carbonyl (C=O) groups excluding carboxylic acids is 2. The van der Waals surface area contributed by atoms with E-state index in [1.807, 2.05) is 32.0 Å². The number of aliphatic hydroxyl groups is 1. The first-order chi connectivity index (χ1) is 12.6. The third-order valence-corrected chi connectivity index (χ3v) is 4.89. The van der Waals surface area contributed by atoms with Crippen molar-refractivity contribution in [3.63, 3.8) is 0 Å². The van der Waals surface area contributed by atoms with E-state index >= 15 is 0 Å². The molecule has 5 nitrogen and oxygen atoms in total. The van der Waals surface area contributed by atoms with Gasteiger partial charge in [-0.25, -0.2) is 0 Å². The second-order valence-corrected chi connectivity index (χ2v) is 7.29. The fraction of sp³-hybridized carbons (Fsp3) is 0.300. The summed E-state index contributed by atoms with van der Waals surface area (Å²) in [6, 6.07) is 9.36. The predicted molar refractivity (Wildman–Crippen MR) is 108 cm³/mol. The van der Waals surface area contributed by atoms with Gasteiger partial charge in [-0.3, -0.25) is 9.59 Å². The number of nitrogens with zero attached hydrogens (tertiary/aromatic N) is 1. The lowest BCUT2D eigenvalue weighted by atomic mass is 10.0. The molecule has 0 aliphatic heterocycles. The van der Waals surface area contributed by atoms with Crippen LogP contribution in [-0.2, 0) is 9.59 Å². The second-order valence-electron chi connectivity index (χ2n) is 6.45. The summed E-state index contributed by atoms with van der Waals surface area (Å²) >= 11 is 12.3. The molecule has 2 N–H and O–H groups in total. The first-order valence-electron chi connectivity index (χ1n) is 8.40. The molecule has 2 atom stereocenters. The molecule has 0 aliphatic rings. The molecule has 144 valence electrons. The SMILES string of the molecule is Cc1cccc(C)c1NC(=O)[C@H](c1ccc(Cl)cc1Cl)N(C)C(=O)[C@@H](C)O. The van der Waals surface area contributed by atoms with Crippen molar-refractivity contribution in [1.82, 2.24) is 4.90 Å². The van der Waals surface area contributed by atoms with E-state index in [-0.39, 0.29) is 5.02 Å². The van der Waals surface area contributed by atoms with Crippen LogP contribution in [0.1, 0.15) is 29.7 Å². The zero-order chi connectivity index (χ0) is 20.3. The summed E-state index contributed by atoms with van der Waals surface area (Å²) < 4.78 is 0. The van der Waals surface area contributed by atoms with Gasteiger partial charge in [0.2, 0.25) is 0 Å². The van der Waals surface area contributed by atoms with E-state index in [4.69, 9.17) is 23.2 Å². The third kappa shape index (κ3) is 4.80. The van der Waals surface area contributed by atoms with E-state index in [1.165, 1.54) is 24.9 Å². The van der Waals surface area contributed by atoms with Crippen LogP contribution < -0.4 is 5.32 Å². The molecular formula is C20H22Cl2N2O3. The second kappa shape index (κ2) is 8.74. The van der Waals surface area contributed by atoms with Crippen molar-refractivity contribution in [1.29, 1.82) is 0 Å². The van der Waals surface area contributed by atoms with E-state index in [1.54, 1.807) is 12.1 Å². The minimum Gasteiger partial charge on any atom is -0.384 e. The summed E-state index contributed by atoms with van der Waals surface area (Å²) in [5.74, 6) is -1.03. The van der Waals surface area contributed by atoms with Gasteiger partial charge in [-0.2, -0.15) is 0 Å². The standard InChI is InChI=1S/C20H22Cl2N2O3/c1-11-6-5-7-12(2)17(11)23-19(26)18(24(4)20(27)13(3)25)15-9-8-14(21)10-16(15)22/h5-10,13,18,25H,1-4H3,(H,23,26)/t13-,18+/m1/s1. The summed E-state index contributed by atoms with van der Waals surface area (Å²) in [7, 11) is 1.45. The molecule has 2 aromatic rings. The molecule has 0 radical (unpaired) electrons. The predicted octanol–water partition coefficient (Wildman–Crippen LogP) is 4.13. The number of anilines is 1. The van der Waals surface area contributed by atoms with Crippen LogP contribution in [0.5, 0.6) is 0 Å². The van der Waals surface area contributed by atoms with E-state index < -0.39 is 24.0 Å². The van der Waals surface area contributed by atoms with Crippen LogP contribution in [0.25, 0.3) is 0 Å². The molecule has 27 heavy (non-hydrogen) atoms. The van der Waals surface area contributed by atoms with Crippen LogP contribution in [0.3, 0.4) is 0 Å². The average molecular weight is 409 g/mol. The Morgan fingerprint density at radius 3 is 2.22 bits per heavy atom. The number of carbonyl (C=O) groups is 2. The van der Waals surface area contributed by atoms with Gasteiger partial charge in [-0.1, -0.05) is 47.5 Å². The van der Waals surface area contributed by atoms with E-state index in [9.17, 15) is 14.7 Å². The van der Waals surface area contributed by atoms with Crippen molar-refractivity contribution in [3.8, 4) is 0 Å². The smallest absolute Gasteiger partial charge is 0.251 e. The number of halogens is 2. The third-order valence-electron chi connectivity index (χ3n) is 4.33. The number of likely N-dealkylation sites (N-methyl/N-ethyl adjacent to an activating group) is 1. The summed E-state index contributed by atoms with van der Waals surface area (Å²) in [5.41, 5.74) is 2.89.